The SMILES string of the molecule is O=C1CC2(CCCC2)CC(=O)N1Cc1nnc(-c2cccnc2)o1. The Hall–Kier alpha value is -2.57. The van der Waals surface area contributed by atoms with Crippen molar-refractivity contribution in [3.05, 3.63) is 30.4 Å². The van der Waals surface area contributed by atoms with Crippen molar-refractivity contribution >= 4 is 11.8 Å². The molecule has 0 N–H and O–H groups in total. The lowest BCUT2D eigenvalue weighted by molar-refractivity contribution is -0.154. The Morgan fingerprint density at radius 3 is 2.54 bits per heavy atom. The zero-order chi connectivity index (χ0) is 16.6. The Morgan fingerprint density at radius 1 is 1.12 bits per heavy atom. The smallest absolute Gasteiger partial charge is 0.249 e. The fourth-order valence-corrected chi connectivity index (χ4v) is 3.75. The molecule has 0 unspecified atom stereocenters. The summed E-state index contributed by atoms with van der Waals surface area (Å²) < 4.78 is 5.58. The minimum absolute atomic E-state index is 0.0427. The highest BCUT2D eigenvalue weighted by molar-refractivity contribution is 5.98. The summed E-state index contributed by atoms with van der Waals surface area (Å²) in [6.07, 6.45) is 8.35. The molecule has 7 nitrogen and oxygen atoms in total. The molecule has 2 aromatic heterocycles. The van der Waals surface area contributed by atoms with Crippen LogP contribution in [-0.2, 0) is 16.1 Å². The van der Waals surface area contributed by atoms with Crippen molar-refractivity contribution in [3.63, 3.8) is 0 Å². The number of amides is 2. The van der Waals surface area contributed by atoms with E-state index in [4.69, 9.17) is 4.42 Å². The largest absolute Gasteiger partial charge is 0.419 e. The van der Waals surface area contributed by atoms with Crippen molar-refractivity contribution in [2.75, 3.05) is 0 Å². The second-order valence-corrected chi connectivity index (χ2v) is 6.68. The lowest BCUT2D eigenvalue weighted by Crippen LogP contribution is -2.46. The number of hydrogen-bond donors (Lipinski definition) is 0. The highest BCUT2D eigenvalue weighted by atomic mass is 16.4. The molecule has 24 heavy (non-hydrogen) atoms. The third-order valence-electron chi connectivity index (χ3n) is 4.99. The summed E-state index contributed by atoms with van der Waals surface area (Å²) in [5, 5.41) is 7.92. The van der Waals surface area contributed by atoms with Crippen LogP contribution in [0.5, 0.6) is 0 Å². The molecule has 1 saturated heterocycles. The molecule has 3 heterocycles. The molecule has 4 rings (SSSR count). The van der Waals surface area contributed by atoms with Crippen LogP contribution in [0, 0.1) is 5.41 Å². The molecule has 2 aliphatic rings. The van der Waals surface area contributed by atoms with Gasteiger partial charge in [0, 0.05) is 25.2 Å². The first-order chi connectivity index (χ1) is 11.7. The molecule has 124 valence electrons. The first kappa shape index (κ1) is 15.0. The van der Waals surface area contributed by atoms with E-state index in [9.17, 15) is 9.59 Å². The van der Waals surface area contributed by atoms with Crippen molar-refractivity contribution < 1.29 is 14.0 Å². The maximum absolute atomic E-state index is 12.5. The van der Waals surface area contributed by atoms with Gasteiger partial charge in [-0.05, 0) is 30.4 Å². The lowest BCUT2D eigenvalue weighted by atomic mass is 9.76. The third-order valence-corrected chi connectivity index (χ3v) is 4.99. The number of pyridine rings is 1. The van der Waals surface area contributed by atoms with E-state index < -0.39 is 0 Å². The van der Waals surface area contributed by atoms with Crippen LogP contribution in [0.15, 0.2) is 28.9 Å². The number of piperidine rings is 1. The van der Waals surface area contributed by atoms with E-state index >= 15 is 0 Å². The summed E-state index contributed by atoms with van der Waals surface area (Å²) in [5.74, 6) is 0.337. The minimum Gasteiger partial charge on any atom is -0.419 e. The molecule has 1 aliphatic heterocycles. The van der Waals surface area contributed by atoms with Crippen molar-refractivity contribution in [3.8, 4) is 11.5 Å². The summed E-state index contributed by atoms with van der Waals surface area (Å²) in [4.78, 5) is 30.2. The van der Waals surface area contributed by atoms with Gasteiger partial charge >= 0.3 is 0 Å². The predicted molar refractivity (Wildman–Crippen MR) is 83.2 cm³/mol. The lowest BCUT2D eigenvalue weighted by Gasteiger charge is -2.36. The molecule has 2 fully saturated rings. The van der Waals surface area contributed by atoms with E-state index in [2.05, 4.69) is 15.2 Å². The number of likely N-dealkylation sites (tertiary alicyclic amines) is 1. The monoisotopic (exact) mass is 326 g/mol. The molecular formula is C17H18N4O3. The number of carbonyl (C=O) groups excluding carboxylic acids is 2. The van der Waals surface area contributed by atoms with Crippen molar-refractivity contribution in [2.45, 2.75) is 45.1 Å². The zero-order valence-corrected chi connectivity index (χ0v) is 13.3. The fraction of sp³-hybridized carbons (Fsp3) is 0.471. The van der Waals surface area contributed by atoms with Crippen LogP contribution in [0.1, 0.15) is 44.4 Å². The average molecular weight is 326 g/mol. The molecule has 1 spiro atoms. The van der Waals surface area contributed by atoms with Crippen LogP contribution in [0.3, 0.4) is 0 Å². The Balaban J connectivity index is 1.49. The van der Waals surface area contributed by atoms with E-state index in [0.717, 1.165) is 25.7 Å². The minimum atomic E-state index is -0.130. The number of hydrogen-bond acceptors (Lipinski definition) is 6. The Kier molecular flexibility index (Phi) is 3.63. The standard InChI is InChI=1S/C17H18N4O3/c22-14-8-17(5-1-2-6-17)9-15(23)21(14)11-13-19-20-16(24-13)12-4-3-7-18-10-12/h3-4,7,10H,1-2,5-6,8-9,11H2. The van der Waals surface area contributed by atoms with Gasteiger partial charge in [-0.25, -0.2) is 0 Å². The highest BCUT2D eigenvalue weighted by Crippen LogP contribution is 2.47. The summed E-state index contributed by atoms with van der Waals surface area (Å²) in [7, 11) is 0. The van der Waals surface area contributed by atoms with Gasteiger partial charge in [-0.2, -0.15) is 0 Å². The van der Waals surface area contributed by atoms with E-state index in [-0.39, 0.29) is 29.7 Å². The van der Waals surface area contributed by atoms with E-state index in [1.54, 1.807) is 18.5 Å². The average Bonchev–Trinajstić information content (AvgIpc) is 3.22. The molecule has 2 amide bonds. The normalized spacial score (nSPS) is 20.1. The second kappa shape index (κ2) is 5.81. The Morgan fingerprint density at radius 2 is 1.88 bits per heavy atom. The number of nitrogens with zero attached hydrogens (tertiary/aromatic N) is 4. The molecule has 1 aliphatic carbocycles. The number of imide groups is 1. The molecule has 1 saturated carbocycles. The van der Waals surface area contributed by atoms with Gasteiger partial charge in [0.2, 0.25) is 23.6 Å². The van der Waals surface area contributed by atoms with Gasteiger partial charge in [-0.1, -0.05) is 12.8 Å². The topological polar surface area (TPSA) is 89.2 Å². The number of carbonyl (C=O) groups is 2. The zero-order valence-electron chi connectivity index (χ0n) is 13.3. The molecule has 0 atom stereocenters. The highest BCUT2D eigenvalue weighted by Gasteiger charge is 2.45. The summed E-state index contributed by atoms with van der Waals surface area (Å²) in [6.45, 7) is 0.0427. The van der Waals surface area contributed by atoms with Gasteiger partial charge in [0.15, 0.2) is 0 Å². The van der Waals surface area contributed by atoms with E-state index in [0.29, 0.717) is 24.3 Å². The molecule has 2 aromatic rings. The van der Waals surface area contributed by atoms with Crippen molar-refractivity contribution in [2.24, 2.45) is 5.41 Å². The Labute approximate surface area is 139 Å². The van der Waals surface area contributed by atoms with Crippen LogP contribution in [0.25, 0.3) is 11.5 Å². The van der Waals surface area contributed by atoms with E-state index in [1.807, 2.05) is 6.07 Å². The molecule has 0 radical (unpaired) electrons. The van der Waals surface area contributed by atoms with Crippen LogP contribution in [0.2, 0.25) is 0 Å². The van der Waals surface area contributed by atoms with Gasteiger partial charge in [0.25, 0.3) is 0 Å². The van der Waals surface area contributed by atoms with Gasteiger partial charge in [-0.15, -0.1) is 10.2 Å². The summed E-state index contributed by atoms with van der Waals surface area (Å²) in [6, 6.07) is 3.59. The summed E-state index contributed by atoms with van der Waals surface area (Å²) in [5.41, 5.74) is 0.609. The van der Waals surface area contributed by atoms with Crippen LogP contribution < -0.4 is 0 Å². The first-order valence-electron chi connectivity index (χ1n) is 8.21. The maximum atomic E-state index is 12.5. The van der Waals surface area contributed by atoms with Crippen LogP contribution in [-0.4, -0.2) is 31.9 Å². The predicted octanol–water partition coefficient (Wildman–Crippen LogP) is 2.34. The van der Waals surface area contributed by atoms with Crippen LogP contribution in [0.4, 0.5) is 0 Å². The van der Waals surface area contributed by atoms with Gasteiger partial charge in [-0.3, -0.25) is 19.5 Å². The molecule has 0 aromatic carbocycles. The van der Waals surface area contributed by atoms with Gasteiger partial charge in [0.1, 0.15) is 6.54 Å². The fourth-order valence-electron chi connectivity index (χ4n) is 3.75. The number of aromatic nitrogens is 3. The summed E-state index contributed by atoms with van der Waals surface area (Å²) >= 11 is 0. The maximum Gasteiger partial charge on any atom is 0.249 e. The molecule has 7 heteroatoms. The Bertz CT molecular complexity index is 745. The second-order valence-electron chi connectivity index (χ2n) is 6.68. The first-order valence-corrected chi connectivity index (χ1v) is 8.21. The van der Waals surface area contributed by atoms with Gasteiger partial charge in [0.05, 0.1) is 5.56 Å². The number of rotatable bonds is 3. The third kappa shape index (κ3) is 2.70. The molecular weight excluding hydrogens is 308 g/mol. The van der Waals surface area contributed by atoms with Gasteiger partial charge < -0.3 is 4.42 Å². The quantitative estimate of drug-likeness (QED) is 0.804. The van der Waals surface area contributed by atoms with E-state index in [1.165, 1.54) is 4.90 Å². The molecule has 0 bridgehead atoms. The van der Waals surface area contributed by atoms with Crippen molar-refractivity contribution in [1.29, 1.82) is 0 Å². The van der Waals surface area contributed by atoms with Crippen molar-refractivity contribution in [1.82, 2.24) is 20.1 Å². The van der Waals surface area contributed by atoms with Crippen LogP contribution >= 0.6 is 0 Å².